The standard InChI is InChI=1S/C14H23N3O/c1-11(2)6-7-14-13(10-18)15-16-17(14)9-8-12-4-3-5-12/h10-12H,3-9H2,1-2H3. The van der Waals surface area contributed by atoms with E-state index in [1.54, 1.807) is 0 Å². The molecule has 1 aromatic rings. The van der Waals surface area contributed by atoms with Crippen LogP contribution in [0.5, 0.6) is 0 Å². The highest BCUT2D eigenvalue weighted by atomic mass is 16.1. The van der Waals surface area contributed by atoms with E-state index in [1.807, 2.05) is 4.68 Å². The molecule has 0 spiro atoms. The van der Waals surface area contributed by atoms with Crippen LogP contribution in [-0.4, -0.2) is 21.3 Å². The quantitative estimate of drug-likeness (QED) is 0.698. The van der Waals surface area contributed by atoms with Crippen molar-refractivity contribution in [3.8, 4) is 0 Å². The maximum Gasteiger partial charge on any atom is 0.172 e. The average molecular weight is 249 g/mol. The van der Waals surface area contributed by atoms with Crippen molar-refractivity contribution >= 4 is 6.29 Å². The summed E-state index contributed by atoms with van der Waals surface area (Å²) in [5, 5.41) is 8.11. The average Bonchev–Trinajstić information content (AvgIpc) is 2.66. The van der Waals surface area contributed by atoms with Crippen LogP contribution in [0.25, 0.3) is 0 Å². The first-order valence-corrected chi connectivity index (χ1v) is 7.08. The predicted octanol–water partition coefficient (Wildman–Crippen LogP) is 2.87. The minimum atomic E-state index is 0.532. The predicted molar refractivity (Wildman–Crippen MR) is 70.5 cm³/mol. The molecule has 0 unspecified atom stereocenters. The van der Waals surface area contributed by atoms with Gasteiger partial charge in [-0.2, -0.15) is 0 Å². The van der Waals surface area contributed by atoms with Crippen molar-refractivity contribution in [3.63, 3.8) is 0 Å². The van der Waals surface area contributed by atoms with E-state index in [0.29, 0.717) is 11.6 Å². The highest BCUT2D eigenvalue weighted by Gasteiger charge is 2.19. The Labute approximate surface area is 109 Å². The molecule has 0 aromatic carbocycles. The summed E-state index contributed by atoms with van der Waals surface area (Å²) >= 11 is 0. The van der Waals surface area contributed by atoms with Gasteiger partial charge in [0.2, 0.25) is 0 Å². The second-order valence-corrected chi connectivity index (χ2v) is 5.78. The van der Waals surface area contributed by atoms with Gasteiger partial charge in [-0.1, -0.05) is 38.3 Å². The molecule has 0 radical (unpaired) electrons. The molecule has 1 fully saturated rings. The first-order valence-electron chi connectivity index (χ1n) is 7.08. The largest absolute Gasteiger partial charge is 0.296 e. The molecule has 0 bridgehead atoms. The van der Waals surface area contributed by atoms with Crippen LogP contribution in [0.1, 0.15) is 62.1 Å². The maximum absolute atomic E-state index is 11.0. The molecule has 4 nitrogen and oxygen atoms in total. The molecule has 100 valence electrons. The summed E-state index contributed by atoms with van der Waals surface area (Å²) in [6, 6.07) is 0. The molecule has 0 atom stereocenters. The lowest BCUT2D eigenvalue weighted by Crippen LogP contribution is -2.16. The van der Waals surface area contributed by atoms with Gasteiger partial charge in [0.1, 0.15) is 5.69 Å². The van der Waals surface area contributed by atoms with Crippen LogP contribution in [0.3, 0.4) is 0 Å². The Kier molecular flexibility index (Phi) is 4.50. The Morgan fingerprint density at radius 3 is 2.78 bits per heavy atom. The molecule has 4 heteroatoms. The molecule has 0 saturated heterocycles. The van der Waals surface area contributed by atoms with Gasteiger partial charge in [0, 0.05) is 6.54 Å². The highest BCUT2D eigenvalue weighted by Crippen LogP contribution is 2.29. The first-order chi connectivity index (χ1) is 8.70. The van der Waals surface area contributed by atoms with E-state index in [9.17, 15) is 4.79 Å². The minimum Gasteiger partial charge on any atom is -0.296 e. The number of hydrogen-bond donors (Lipinski definition) is 0. The summed E-state index contributed by atoms with van der Waals surface area (Å²) in [7, 11) is 0. The smallest absolute Gasteiger partial charge is 0.172 e. The molecule has 1 aliphatic carbocycles. The molecular formula is C14H23N3O. The fraction of sp³-hybridized carbons (Fsp3) is 0.786. The molecule has 1 aliphatic rings. The maximum atomic E-state index is 11.0. The molecule has 0 amide bonds. The van der Waals surface area contributed by atoms with E-state index in [0.717, 1.165) is 37.3 Å². The molecule has 18 heavy (non-hydrogen) atoms. The van der Waals surface area contributed by atoms with Crippen molar-refractivity contribution in [2.75, 3.05) is 0 Å². The third-order valence-corrected chi connectivity index (χ3v) is 3.91. The third-order valence-electron chi connectivity index (χ3n) is 3.91. The first kappa shape index (κ1) is 13.2. The summed E-state index contributed by atoms with van der Waals surface area (Å²) in [5.41, 5.74) is 1.56. The van der Waals surface area contributed by atoms with Crippen LogP contribution < -0.4 is 0 Å². The van der Waals surface area contributed by atoms with Crippen molar-refractivity contribution in [1.29, 1.82) is 0 Å². The Bertz CT molecular complexity index is 394. The van der Waals surface area contributed by atoms with Gasteiger partial charge in [-0.15, -0.1) is 5.10 Å². The van der Waals surface area contributed by atoms with Crippen molar-refractivity contribution < 1.29 is 4.79 Å². The van der Waals surface area contributed by atoms with E-state index in [4.69, 9.17) is 0 Å². The number of aromatic nitrogens is 3. The van der Waals surface area contributed by atoms with Gasteiger partial charge < -0.3 is 0 Å². The van der Waals surface area contributed by atoms with Crippen molar-refractivity contribution in [2.45, 2.75) is 58.9 Å². The fourth-order valence-electron chi connectivity index (χ4n) is 2.39. The van der Waals surface area contributed by atoms with Crippen LogP contribution >= 0.6 is 0 Å². The monoisotopic (exact) mass is 249 g/mol. The number of aldehydes is 1. The van der Waals surface area contributed by atoms with Crippen molar-refractivity contribution in [2.24, 2.45) is 11.8 Å². The van der Waals surface area contributed by atoms with Gasteiger partial charge in [0.25, 0.3) is 0 Å². The number of carbonyl (C=O) groups excluding carboxylic acids is 1. The zero-order valence-electron chi connectivity index (χ0n) is 11.4. The molecular weight excluding hydrogens is 226 g/mol. The van der Waals surface area contributed by atoms with Crippen molar-refractivity contribution in [1.82, 2.24) is 15.0 Å². The van der Waals surface area contributed by atoms with Crippen molar-refractivity contribution in [3.05, 3.63) is 11.4 Å². The normalized spacial score (nSPS) is 15.9. The van der Waals surface area contributed by atoms with Crippen LogP contribution in [0, 0.1) is 11.8 Å². The Balaban J connectivity index is 1.98. The lowest BCUT2D eigenvalue weighted by Gasteiger charge is -2.25. The zero-order chi connectivity index (χ0) is 13.0. The number of carbonyl (C=O) groups is 1. The number of hydrogen-bond acceptors (Lipinski definition) is 3. The SMILES string of the molecule is CC(C)CCc1c(C=O)nnn1CCC1CCC1. The van der Waals surface area contributed by atoms with E-state index < -0.39 is 0 Å². The lowest BCUT2D eigenvalue weighted by atomic mass is 9.83. The summed E-state index contributed by atoms with van der Waals surface area (Å²) in [6.07, 6.45) is 8.09. The molecule has 1 heterocycles. The van der Waals surface area contributed by atoms with E-state index >= 15 is 0 Å². The summed E-state index contributed by atoms with van der Waals surface area (Å²) in [5.74, 6) is 1.51. The molecule has 0 N–H and O–H groups in total. The molecule has 1 saturated carbocycles. The van der Waals surface area contributed by atoms with Gasteiger partial charge in [-0.25, -0.2) is 4.68 Å². The third kappa shape index (κ3) is 3.18. The molecule has 1 aromatic heterocycles. The second-order valence-electron chi connectivity index (χ2n) is 5.78. The van der Waals surface area contributed by atoms with Crippen LogP contribution in [-0.2, 0) is 13.0 Å². The lowest BCUT2D eigenvalue weighted by molar-refractivity contribution is 0.111. The van der Waals surface area contributed by atoms with Gasteiger partial charge >= 0.3 is 0 Å². The van der Waals surface area contributed by atoms with Crippen LogP contribution in [0.4, 0.5) is 0 Å². The highest BCUT2D eigenvalue weighted by molar-refractivity contribution is 5.73. The number of nitrogens with zero attached hydrogens (tertiary/aromatic N) is 3. The second kappa shape index (κ2) is 6.12. The van der Waals surface area contributed by atoms with Gasteiger partial charge in [-0.05, 0) is 31.1 Å². The minimum absolute atomic E-state index is 0.532. The van der Waals surface area contributed by atoms with E-state index in [-0.39, 0.29) is 0 Å². The van der Waals surface area contributed by atoms with Gasteiger partial charge in [0.15, 0.2) is 6.29 Å². The summed E-state index contributed by atoms with van der Waals surface area (Å²) < 4.78 is 1.95. The summed E-state index contributed by atoms with van der Waals surface area (Å²) in [6.45, 7) is 5.31. The molecule has 0 aliphatic heterocycles. The zero-order valence-corrected chi connectivity index (χ0v) is 11.4. The van der Waals surface area contributed by atoms with Gasteiger partial charge in [-0.3, -0.25) is 4.79 Å². The molecule has 2 rings (SSSR count). The van der Waals surface area contributed by atoms with Gasteiger partial charge in [0.05, 0.1) is 5.69 Å². The van der Waals surface area contributed by atoms with E-state index in [1.165, 1.54) is 25.7 Å². The number of aryl methyl sites for hydroxylation is 1. The number of rotatable bonds is 7. The Hall–Kier alpha value is -1.19. The Morgan fingerprint density at radius 1 is 1.44 bits per heavy atom. The Morgan fingerprint density at radius 2 is 2.22 bits per heavy atom. The topological polar surface area (TPSA) is 47.8 Å². The fourth-order valence-corrected chi connectivity index (χ4v) is 2.39. The van der Waals surface area contributed by atoms with Crippen LogP contribution in [0.2, 0.25) is 0 Å². The van der Waals surface area contributed by atoms with E-state index in [2.05, 4.69) is 24.2 Å². The van der Waals surface area contributed by atoms with Crippen LogP contribution in [0.15, 0.2) is 0 Å². The summed E-state index contributed by atoms with van der Waals surface area (Å²) in [4.78, 5) is 11.0.